The topological polar surface area (TPSA) is 66.2 Å². The Labute approximate surface area is 168 Å². The molecule has 8 heteroatoms. The lowest BCUT2D eigenvalue weighted by molar-refractivity contribution is 0.324. The maximum atomic E-state index is 6.11. The van der Waals surface area contributed by atoms with Crippen LogP contribution in [0, 0.1) is 0 Å². The van der Waals surface area contributed by atoms with E-state index in [0.717, 1.165) is 22.0 Å². The van der Waals surface area contributed by atoms with Gasteiger partial charge in [0, 0.05) is 17.9 Å². The number of benzene rings is 2. The van der Waals surface area contributed by atoms with Crippen molar-refractivity contribution >= 4 is 40.3 Å². The monoisotopic (exact) mass is 406 g/mol. The Balaban J connectivity index is 2.06. The van der Waals surface area contributed by atoms with E-state index in [9.17, 15) is 0 Å². The van der Waals surface area contributed by atoms with E-state index in [-0.39, 0.29) is 5.37 Å². The van der Waals surface area contributed by atoms with Gasteiger partial charge in [0.25, 0.3) is 0 Å². The van der Waals surface area contributed by atoms with Gasteiger partial charge in [0.15, 0.2) is 11.5 Å². The number of nitrogen functional groups attached to an aromatic ring is 1. The number of ether oxygens (including phenoxy) is 4. The standard InChI is InChI=1S/C19H22N2O4S2/c1-22-14-6-5-11(7-13(14)20)19-21(17(26)10-27-19)12-8-15(23-2)18(25-4)16(9-12)24-3/h5-9,19H,10,20H2,1-4H3. The molecule has 0 saturated carbocycles. The van der Waals surface area contributed by atoms with Crippen LogP contribution in [0.5, 0.6) is 23.0 Å². The van der Waals surface area contributed by atoms with Crippen molar-refractivity contribution in [1.29, 1.82) is 0 Å². The summed E-state index contributed by atoms with van der Waals surface area (Å²) >= 11 is 7.38. The minimum absolute atomic E-state index is 0.00601. The van der Waals surface area contributed by atoms with Gasteiger partial charge >= 0.3 is 0 Å². The molecule has 1 unspecified atom stereocenters. The first-order valence-electron chi connectivity index (χ1n) is 8.21. The highest BCUT2D eigenvalue weighted by molar-refractivity contribution is 8.02. The molecular formula is C19H22N2O4S2. The third-order valence-corrected chi connectivity index (χ3v) is 6.10. The lowest BCUT2D eigenvalue weighted by Crippen LogP contribution is -2.26. The maximum Gasteiger partial charge on any atom is 0.203 e. The number of nitrogens with two attached hydrogens (primary N) is 1. The molecule has 144 valence electrons. The molecule has 2 aromatic carbocycles. The number of thioether (sulfide) groups is 1. The average Bonchev–Trinajstić information content (AvgIpc) is 3.08. The van der Waals surface area contributed by atoms with Crippen LogP contribution in [0.4, 0.5) is 11.4 Å². The SMILES string of the molecule is COc1ccc(C2SCC(=S)N2c2cc(OC)c(OC)c(OC)c2)cc1N. The van der Waals surface area contributed by atoms with Gasteiger partial charge in [0.05, 0.1) is 44.8 Å². The summed E-state index contributed by atoms with van der Waals surface area (Å²) in [7, 11) is 6.38. The van der Waals surface area contributed by atoms with Gasteiger partial charge in [-0.3, -0.25) is 0 Å². The van der Waals surface area contributed by atoms with Crippen LogP contribution in [-0.2, 0) is 0 Å². The molecule has 1 fully saturated rings. The molecule has 27 heavy (non-hydrogen) atoms. The smallest absolute Gasteiger partial charge is 0.203 e. The quantitative estimate of drug-likeness (QED) is 0.573. The molecule has 3 rings (SSSR count). The fourth-order valence-corrected chi connectivity index (χ4v) is 4.72. The minimum Gasteiger partial charge on any atom is -0.495 e. The second-order valence-electron chi connectivity index (χ2n) is 5.81. The Morgan fingerprint density at radius 2 is 1.59 bits per heavy atom. The van der Waals surface area contributed by atoms with Gasteiger partial charge in [-0.25, -0.2) is 0 Å². The van der Waals surface area contributed by atoms with Gasteiger partial charge in [-0.2, -0.15) is 0 Å². The van der Waals surface area contributed by atoms with Gasteiger partial charge < -0.3 is 29.6 Å². The van der Waals surface area contributed by atoms with Crippen molar-refractivity contribution in [2.75, 3.05) is 44.8 Å². The summed E-state index contributed by atoms with van der Waals surface area (Å²) in [5.41, 5.74) is 8.62. The molecule has 0 aliphatic carbocycles. The van der Waals surface area contributed by atoms with Crippen LogP contribution in [0.2, 0.25) is 0 Å². The molecule has 2 aromatic rings. The van der Waals surface area contributed by atoms with Crippen LogP contribution in [-0.4, -0.2) is 39.2 Å². The van der Waals surface area contributed by atoms with Crippen LogP contribution < -0.4 is 29.6 Å². The van der Waals surface area contributed by atoms with Gasteiger partial charge in [-0.15, -0.1) is 11.8 Å². The second-order valence-corrected chi connectivity index (χ2v) is 7.35. The third kappa shape index (κ3) is 3.59. The summed E-state index contributed by atoms with van der Waals surface area (Å²) in [5.74, 6) is 3.11. The Bertz CT molecular complexity index is 835. The number of thiocarbonyl (C=S) groups is 1. The van der Waals surface area contributed by atoms with Crippen LogP contribution in [0.1, 0.15) is 10.9 Å². The van der Waals surface area contributed by atoms with E-state index in [2.05, 4.69) is 4.90 Å². The number of methoxy groups -OCH3 is 4. The van der Waals surface area contributed by atoms with Gasteiger partial charge in [0.1, 0.15) is 11.1 Å². The Morgan fingerprint density at radius 3 is 2.11 bits per heavy atom. The molecule has 1 heterocycles. The van der Waals surface area contributed by atoms with E-state index < -0.39 is 0 Å². The van der Waals surface area contributed by atoms with Crippen molar-refractivity contribution in [2.24, 2.45) is 0 Å². The van der Waals surface area contributed by atoms with E-state index in [4.69, 9.17) is 36.9 Å². The molecule has 1 saturated heterocycles. The van der Waals surface area contributed by atoms with Crippen molar-refractivity contribution < 1.29 is 18.9 Å². The summed E-state index contributed by atoms with van der Waals surface area (Å²) in [6.07, 6.45) is 0. The lowest BCUT2D eigenvalue weighted by atomic mass is 10.1. The molecule has 0 radical (unpaired) electrons. The van der Waals surface area contributed by atoms with Crippen LogP contribution >= 0.6 is 24.0 Å². The van der Waals surface area contributed by atoms with Gasteiger partial charge in [0.2, 0.25) is 5.75 Å². The first-order valence-corrected chi connectivity index (χ1v) is 9.66. The highest BCUT2D eigenvalue weighted by atomic mass is 32.2. The van der Waals surface area contributed by atoms with Crippen molar-refractivity contribution in [1.82, 2.24) is 0 Å². The molecule has 0 amide bonds. The molecule has 1 aliphatic heterocycles. The summed E-state index contributed by atoms with van der Waals surface area (Å²) in [4.78, 5) is 2.92. The molecule has 0 spiro atoms. The first-order chi connectivity index (χ1) is 13.0. The number of hydrogen-bond acceptors (Lipinski definition) is 7. The fraction of sp³-hybridized carbons (Fsp3) is 0.316. The zero-order chi connectivity index (χ0) is 19.6. The second kappa shape index (κ2) is 8.14. The predicted octanol–water partition coefficient (Wildman–Crippen LogP) is 3.88. The van der Waals surface area contributed by atoms with Crippen molar-refractivity contribution in [3.05, 3.63) is 35.9 Å². The fourth-order valence-electron chi connectivity index (χ4n) is 3.06. The molecule has 0 aromatic heterocycles. The minimum atomic E-state index is -0.00601. The van der Waals surface area contributed by atoms with Gasteiger partial charge in [-0.1, -0.05) is 18.3 Å². The van der Waals surface area contributed by atoms with Crippen molar-refractivity contribution in [3.63, 3.8) is 0 Å². The number of anilines is 2. The Hall–Kier alpha value is -2.32. The average molecular weight is 407 g/mol. The first kappa shape index (κ1) is 19.4. The van der Waals surface area contributed by atoms with E-state index in [1.807, 2.05) is 30.3 Å². The normalized spacial score (nSPS) is 16.4. The zero-order valence-electron chi connectivity index (χ0n) is 15.6. The van der Waals surface area contributed by atoms with Crippen LogP contribution in [0.15, 0.2) is 30.3 Å². The largest absolute Gasteiger partial charge is 0.495 e. The van der Waals surface area contributed by atoms with Crippen molar-refractivity contribution in [2.45, 2.75) is 5.37 Å². The summed E-state index contributed by atoms with van der Waals surface area (Å²) in [6, 6.07) is 9.61. The molecule has 1 aliphatic rings. The summed E-state index contributed by atoms with van der Waals surface area (Å²) in [6.45, 7) is 0. The third-order valence-electron chi connectivity index (χ3n) is 4.33. The van der Waals surface area contributed by atoms with Gasteiger partial charge in [-0.05, 0) is 17.7 Å². The molecular weight excluding hydrogens is 384 g/mol. The highest BCUT2D eigenvalue weighted by Crippen LogP contribution is 2.48. The number of nitrogens with zero attached hydrogens (tertiary/aromatic N) is 1. The maximum absolute atomic E-state index is 6.11. The lowest BCUT2D eigenvalue weighted by Gasteiger charge is -2.27. The predicted molar refractivity (Wildman–Crippen MR) is 114 cm³/mol. The van der Waals surface area contributed by atoms with E-state index >= 15 is 0 Å². The van der Waals surface area contributed by atoms with E-state index in [0.29, 0.717) is 28.7 Å². The van der Waals surface area contributed by atoms with Crippen molar-refractivity contribution in [3.8, 4) is 23.0 Å². The van der Waals surface area contributed by atoms with Crippen LogP contribution in [0.25, 0.3) is 0 Å². The highest BCUT2D eigenvalue weighted by Gasteiger charge is 2.33. The van der Waals surface area contributed by atoms with E-state index in [1.54, 1.807) is 40.2 Å². The molecule has 0 bridgehead atoms. The Morgan fingerprint density at radius 1 is 0.963 bits per heavy atom. The number of rotatable bonds is 6. The molecule has 6 nitrogen and oxygen atoms in total. The van der Waals surface area contributed by atoms with Crippen LogP contribution in [0.3, 0.4) is 0 Å². The summed E-state index contributed by atoms with van der Waals surface area (Å²) < 4.78 is 21.7. The van der Waals surface area contributed by atoms with E-state index in [1.165, 1.54) is 0 Å². The zero-order valence-corrected chi connectivity index (χ0v) is 17.3. The summed E-state index contributed by atoms with van der Waals surface area (Å²) in [5, 5.41) is -0.00601. The molecule has 1 atom stereocenters. The Kier molecular flexibility index (Phi) is 5.86. The number of hydrogen-bond donors (Lipinski definition) is 1. The molecule has 2 N–H and O–H groups in total.